The predicted molar refractivity (Wildman–Crippen MR) is 104 cm³/mol. The van der Waals surface area contributed by atoms with Gasteiger partial charge in [-0.15, -0.1) is 11.3 Å². The molecule has 1 aliphatic rings. The van der Waals surface area contributed by atoms with Crippen LogP contribution in [0.5, 0.6) is 5.88 Å². The first-order valence-electron chi connectivity index (χ1n) is 9.20. The van der Waals surface area contributed by atoms with Crippen molar-refractivity contribution in [2.24, 2.45) is 0 Å². The van der Waals surface area contributed by atoms with Crippen LogP contribution in [0.25, 0.3) is 0 Å². The van der Waals surface area contributed by atoms with Gasteiger partial charge >= 0.3 is 0 Å². The van der Waals surface area contributed by atoms with Crippen LogP contribution < -0.4 is 10.1 Å². The molecular formula is C20H27N3O2S. The topological polar surface area (TPSA) is 64.1 Å². The van der Waals surface area contributed by atoms with Gasteiger partial charge in [0.05, 0.1) is 10.7 Å². The van der Waals surface area contributed by atoms with Gasteiger partial charge < -0.3 is 10.1 Å². The number of hydrogen-bond donors (Lipinski definition) is 1. The van der Waals surface area contributed by atoms with Crippen LogP contribution in [-0.4, -0.2) is 22.0 Å². The fourth-order valence-corrected chi connectivity index (χ4v) is 3.99. The molecular weight excluding hydrogens is 346 g/mol. The summed E-state index contributed by atoms with van der Waals surface area (Å²) in [4.78, 5) is 22.1. The van der Waals surface area contributed by atoms with E-state index >= 15 is 0 Å². The average molecular weight is 374 g/mol. The number of nitrogens with one attached hydrogen (secondary N) is 1. The van der Waals surface area contributed by atoms with Gasteiger partial charge in [0, 0.05) is 24.2 Å². The van der Waals surface area contributed by atoms with Gasteiger partial charge in [-0.1, -0.05) is 26.8 Å². The summed E-state index contributed by atoms with van der Waals surface area (Å²) < 4.78 is 5.87. The highest BCUT2D eigenvalue weighted by molar-refractivity contribution is 7.14. The normalized spacial score (nSPS) is 15.2. The third kappa shape index (κ3) is 4.61. The molecule has 1 amide bonds. The highest BCUT2D eigenvalue weighted by atomic mass is 32.1. The number of rotatable bonds is 5. The number of amides is 1. The van der Waals surface area contributed by atoms with Crippen LogP contribution in [0, 0.1) is 6.92 Å². The quantitative estimate of drug-likeness (QED) is 0.844. The molecule has 0 saturated heterocycles. The Balaban J connectivity index is 1.56. The zero-order chi connectivity index (χ0) is 18.7. The van der Waals surface area contributed by atoms with Crippen molar-refractivity contribution in [1.29, 1.82) is 0 Å². The van der Waals surface area contributed by atoms with Crippen LogP contribution in [0.2, 0.25) is 0 Å². The summed E-state index contributed by atoms with van der Waals surface area (Å²) in [6.45, 7) is 8.64. The molecule has 5 nitrogen and oxygen atoms in total. The first-order valence-corrected chi connectivity index (χ1v) is 10.0. The summed E-state index contributed by atoms with van der Waals surface area (Å²) in [6, 6.07) is 3.84. The van der Waals surface area contributed by atoms with Gasteiger partial charge in [0.1, 0.15) is 11.0 Å². The molecule has 0 aliphatic heterocycles. The van der Waals surface area contributed by atoms with Crippen LogP contribution in [-0.2, 0) is 12.0 Å². The van der Waals surface area contributed by atoms with Gasteiger partial charge in [-0.05, 0) is 38.2 Å². The Morgan fingerprint density at radius 3 is 2.62 bits per heavy atom. The minimum absolute atomic E-state index is 0.0486. The number of aromatic nitrogens is 2. The van der Waals surface area contributed by atoms with Crippen molar-refractivity contribution in [3.63, 3.8) is 0 Å². The maximum absolute atomic E-state index is 12.5. The summed E-state index contributed by atoms with van der Waals surface area (Å²) >= 11 is 1.47. The number of thiazole rings is 1. The summed E-state index contributed by atoms with van der Waals surface area (Å²) in [5, 5.41) is 3.95. The molecule has 0 aromatic carbocycles. The average Bonchev–Trinajstić information content (AvgIpc) is 3.23. The van der Waals surface area contributed by atoms with Gasteiger partial charge in [-0.25, -0.2) is 9.97 Å². The van der Waals surface area contributed by atoms with Gasteiger partial charge in [0.2, 0.25) is 5.88 Å². The lowest BCUT2D eigenvalue weighted by molar-refractivity contribution is 0.0954. The lowest BCUT2D eigenvalue weighted by Crippen LogP contribution is -2.22. The monoisotopic (exact) mass is 373 g/mol. The molecule has 1 saturated carbocycles. The van der Waals surface area contributed by atoms with E-state index in [1.165, 1.54) is 24.2 Å². The molecule has 1 fully saturated rings. The maximum atomic E-state index is 12.5. The third-order valence-corrected chi connectivity index (χ3v) is 6.07. The number of carbonyl (C=O) groups excluding carboxylic acids is 1. The first kappa shape index (κ1) is 18.8. The van der Waals surface area contributed by atoms with Crippen LogP contribution in [0.1, 0.15) is 72.4 Å². The van der Waals surface area contributed by atoms with Crippen molar-refractivity contribution in [2.75, 3.05) is 0 Å². The van der Waals surface area contributed by atoms with Crippen molar-refractivity contribution in [3.8, 4) is 5.88 Å². The van der Waals surface area contributed by atoms with E-state index in [-0.39, 0.29) is 11.3 Å². The summed E-state index contributed by atoms with van der Waals surface area (Å²) in [7, 11) is 0. The molecule has 3 rings (SSSR count). The fraction of sp³-hybridized carbons (Fsp3) is 0.550. The Morgan fingerprint density at radius 1 is 1.31 bits per heavy atom. The zero-order valence-corrected chi connectivity index (χ0v) is 16.8. The largest absolute Gasteiger partial charge is 0.474 e. The number of carbonyl (C=O) groups is 1. The van der Waals surface area contributed by atoms with Crippen molar-refractivity contribution >= 4 is 17.2 Å². The molecule has 0 spiro atoms. The molecule has 2 heterocycles. The fourth-order valence-electron chi connectivity index (χ4n) is 2.95. The van der Waals surface area contributed by atoms with E-state index < -0.39 is 0 Å². The van der Waals surface area contributed by atoms with Crippen molar-refractivity contribution in [1.82, 2.24) is 15.3 Å². The minimum atomic E-state index is -0.0817. The van der Waals surface area contributed by atoms with Crippen molar-refractivity contribution in [3.05, 3.63) is 39.5 Å². The van der Waals surface area contributed by atoms with Crippen LogP contribution in [0.15, 0.2) is 18.3 Å². The molecule has 140 valence electrons. The number of hydrogen-bond acceptors (Lipinski definition) is 5. The molecule has 2 aromatic heterocycles. The van der Waals surface area contributed by atoms with Crippen molar-refractivity contribution in [2.45, 2.75) is 71.4 Å². The SMILES string of the molecule is Cc1nc(C(C)(C)C)sc1C(=O)NCc1ccc(OC2CCCC2)nc1. The second-order valence-corrected chi connectivity index (χ2v) is 8.89. The number of ether oxygens (including phenoxy) is 1. The Bertz CT molecular complexity index is 756. The minimum Gasteiger partial charge on any atom is -0.474 e. The third-order valence-electron chi connectivity index (χ3n) is 4.48. The van der Waals surface area contributed by atoms with E-state index in [4.69, 9.17) is 4.74 Å². The van der Waals surface area contributed by atoms with Gasteiger partial charge in [0.25, 0.3) is 5.91 Å². The summed E-state index contributed by atoms with van der Waals surface area (Å²) in [5.41, 5.74) is 1.69. The molecule has 2 aromatic rings. The van der Waals surface area contributed by atoms with Crippen LogP contribution in [0.3, 0.4) is 0 Å². The lowest BCUT2D eigenvalue weighted by Gasteiger charge is -2.13. The van der Waals surface area contributed by atoms with Crippen molar-refractivity contribution < 1.29 is 9.53 Å². The molecule has 0 bridgehead atoms. The van der Waals surface area contributed by atoms with E-state index in [1.807, 2.05) is 19.1 Å². The molecule has 1 N–H and O–H groups in total. The number of aryl methyl sites for hydroxylation is 1. The molecule has 0 unspecified atom stereocenters. The highest BCUT2D eigenvalue weighted by Gasteiger charge is 2.23. The molecule has 1 aliphatic carbocycles. The number of pyridine rings is 1. The van der Waals surface area contributed by atoms with E-state index in [1.54, 1.807) is 6.20 Å². The first-order chi connectivity index (χ1) is 12.3. The van der Waals surface area contributed by atoms with E-state index in [2.05, 4.69) is 36.1 Å². The van der Waals surface area contributed by atoms with E-state index in [9.17, 15) is 4.79 Å². The molecule has 26 heavy (non-hydrogen) atoms. The standard InChI is InChI=1S/C20H27N3O2S/c1-13-17(26-19(23-13)20(2,3)4)18(24)22-12-14-9-10-16(21-11-14)25-15-7-5-6-8-15/h9-11,15H,5-8,12H2,1-4H3,(H,22,24). The summed E-state index contributed by atoms with van der Waals surface area (Å²) in [5.74, 6) is 0.585. The van der Waals surface area contributed by atoms with Crippen LogP contribution in [0.4, 0.5) is 0 Å². The molecule has 6 heteroatoms. The molecule has 0 atom stereocenters. The lowest BCUT2D eigenvalue weighted by atomic mass is 9.98. The summed E-state index contributed by atoms with van der Waals surface area (Å²) in [6.07, 6.45) is 6.78. The Kier molecular flexibility index (Phi) is 5.61. The van der Waals surface area contributed by atoms with Gasteiger partial charge in [-0.2, -0.15) is 0 Å². The molecule has 0 radical (unpaired) electrons. The maximum Gasteiger partial charge on any atom is 0.263 e. The highest BCUT2D eigenvalue weighted by Crippen LogP contribution is 2.29. The Labute approximate surface area is 159 Å². The zero-order valence-electron chi connectivity index (χ0n) is 16.0. The van der Waals surface area contributed by atoms with Crippen LogP contribution >= 0.6 is 11.3 Å². The van der Waals surface area contributed by atoms with Gasteiger partial charge in [-0.3, -0.25) is 4.79 Å². The van der Waals surface area contributed by atoms with E-state index in [0.717, 1.165) is 29.1 Å². The smallest absolute Gasteiger partial charge is 0.263 e. The number of nitrogens with zero attached hydrogens (tertiary/aromatic N) is 2. The van der Waals surface area contributed by atoms with E-state index in [0.29, 0.717) is 23.4 Å². The predicted octanol–water partition coefficient (Wildman–Crippen LogP) is 4.40. The Morgan fingerprint density at radius 2 is 2.04 bits per heavy atom. The second-order valence-electron chi connectivity index (χ2n) is 7.90. The van der Waals surface area contributed by atoms with Gasteiger partial charge in [0.15, 0.2) is 0 Å². The second kappa shape index (κ2) is 7.74. The Hall–Kier alpha value is -1.95.